The van der Waals surface area contributed by atoms with Gasteiger partial charge in [-0.3, -0.25) is 0 Å². The van der Waals surface area contributed by atoms with E-state index in [1.165, 1.54) is 19.2 Å². The lowest BCUT2D eigenvalue weighted by atomic mass is 9.98. The molecule has 0 aromatic heterocycles. The van der Waals surface area contributed by atoms with E-state index in [1.54, 1.807) is 24.3 Å². The molecule has 0 saturated heterocycles. The Labute approximate surface area is 131 Å². The Bertz CT molecular complexity index is 634. The van der Waals surface area contributed by atoms with Crippen molar-refractivity contribution in [2.24, 2.45) is 0 Å². The number of ether oxygens (including phenoxy) is 1. The van der Waals surface area contributed by atoms with Gasteiger partial charge in [-0.1, -0.05) is 12.1 Å². The van der Waals surface area contributed by atoms with Crippen molar-refractivity contribution in [2.45, 2.75) is 12.5 Å². The molecule has 5 heteroatoms. The van der Waals surface area contributed by atoms with Gasteiger partial charge in [0.05, 0.1) is 11.6 Å². The number of hydrogen-bond acceptors (Lipinski definition) is 2. The molecule has 112 valence electrons. The van der Waals surface area contributed by atoms with Gasteiger partial charge < -0.3 is 10.1 Å². The van der Waals surface area contributed by atoms with E-state index in [9.17, 15) is 8.78 Å². The van der Waals surface area contributed by atoms with Crippen LogP contribution < -0.4 is 10.1 Å². The van der Waals surface area contributed by atoms with Crippen LogP contribution in [0, 0.1) is 11.6 Å². The fourth-order valence-corrected chi connectivity index (χ4v) is 2.61. The molecule has 1 atom stereocenters. The third kappa shape index (κ3) is 3.80. The van der Waals surface area contributed by atoms with Gasteiger partial charge in [0.15, 0.2) is 11.6 Å². The van der Waals surface area contributed by atoms with Crippen molar-refractivity contribution in [3.8, 4) is 5.75 Å². The van der Waals surface area contributed by atoms with E-state index in [1.807, 2.05) is 7.05 Å². The summed E-state index contributed by atoms with van der Waals surface area (Å²) < 4.78 is 32.2. The van der Waals surface area contributed by atoms with E-state index in [0.29, 0.717) is 10.9 Å². The summed E-state index contributed by atoms with van der Waals surface area (Å²) in [6, 6.07) is 9.69. The molecule has 0 heterocycles. The van der Waals surface area contributed by atoms with E-state index in [2.05, 4.69) is 21.2 Å². The summed E-state index contributed by atoms with van der Waals surface area (Å²) in [6.45, 7) is 0. The lowest BCUT2D eigenvalue weighted by molar-refractivity contribution is 0.385. The van der Waals surface area contributed by atoms with Crippen molar-refractivity contribution in [1.29, 1.82) is 0 Å². The zero-order chi connectivity index (χ0) is 15.4. The monoisotopic (exact) mass is 355 g/mol. The van der Waals surface area contributed by atoms with Gasteiger partial charge in [0, 0.05) is 6.04 Å². The first-order valence-corrected chi connectivity index (χ1v) is 7.29. The quantitative estimate of drug-likeness (QED) is 0.865. The lowest BCUT2D eigenvalue weighted by Gasteiger charge is -2.18. The summed E-state index contributed by atoms with van der Waals surface area (Å²) in [4.78, 5) is 0. The summed E-state index contributed by atoms with van der Waals surface area (Å²) in [5, 5.41) is 3.18. The lowest BCUT2D eigenvalue weighted by Crippen LogP contribution is -2.19. The van der Waals surface area contributed by atoms with E-state index < -0.39 is 0 Å². The fraction of sp³-hybridized carbons (Fsp3) is 0.250. The number of rotatable bonds is 5. The Kier molecular flexibility index (Phi) is 5.31. The molecule has 0 aliphatic rings. The van der Waals surface area contributed by atoms with Crippen molar-refractivity contribution in [2.75, 3.05) is 14.2 Å². The predicted molar refractivity (Wildman–Crippen MR) is 82.6 cm³/mol. The Morgan fingerprint density at radius 2 is 1.86 bits per heavy atom. The van der Waals surface area contributed by atoms with Crippen LogP contribution in [0.4, 0.5) is 8.78 Å². The molecule has 2 aromatic carbocycles. The zero-order valence-corrected chi connectivity index (χ0v) is 13.4. The molecule has 2 aromatic rings. The van der Waals surface area contributed by atoms with Crippen LogP contribution in [0.5, 0.6) is 5.75 Å². The van der Waals surface area contributed by atoms with E-state index >= 15 is 0 Å². The average Bonchev–Trinajstić information content (AvgIpc) is 2.49. The second-order valence-electron chi connectivity index (χ2n) is 4.69. The summed E-state index contributed by atoms with van der Waals surface area (Å²) in [5.74, 6) is -0.461. The van der Waals surface area contributed by atoms with Gasteiger partial charge in [-0.25, -0.2) is 8.78 Å². The Morgan fingerprint density at radius 1 is 1.14 bits per heavy atom. The van der Waals surface area contributed by atoms with Gasteiger partial charge >= 0.3 is 0 Å². The molecule has 21 heavy (non-hydrogen) atoms. The Hall–Kier alpha value is -1.46. The van der Waals surface area contributed by atoms with Crippen LogP contribution in [0.2, 0.25) is 0 Å². The van der Waals surface area contributed by atoms with E-state index in [0.717, 1.165) is 11.1 Å². The molecule has 0 radical (unpaired) electrons. The van der Waals surface area contributed by atoms with Crippen molar-refractivity contribution in [1.82, 2.24) is 5.32 Å². The smallest absolute Gasteiger partial charge is 0.165 e. The van der Waals surface area contributed by atoms with Crippen LogP contribution in [0.25, 0.3) is 0 Å². The third-order valence-corrected chi connectivity index (χ3v) is 3.96. The van der Waals surface area contributed by atoms with Crippen molar-refractivity contribution >= 4 is 15.9 Å². The highest BCUT2D eigenvalue weighted by Gasteiger charge is 2.14. The highest BCUT2D eigenvalue weighted by molar-refractivity contribution is 9.10. The molecule has 0 spiro atoms. The van der Waals surface area contributed by atoms with Crippen LogP contribution in [-0.4, -0.2) is 14.2 Å². The van der Waals surface area contributed by atoms with Crippen LogP contribution in [-0.2, 0) is 6.42 Å². The van der Waals surface area contributed by atoms with Gasteiger partial charge in [0.1, 0.15) is 5.82 Å². The Balaban J connectivity index is 2.25. The molecule has 0 bridgehead atoms. The first-order chi connectivity index (χ1) is 10.0. The minimum atomic E-state index is -0.388. The maximum atomic E-state index is 13.5. The molecular formula is C16H16BrF2NO. The minimum absolute atomic E-state index is 0.0168. The maximum absolute atomic E-state index is 13.5. The van der Waals surface area contributed by atoms with Crippen LogP contribution in [0.3, 0.4) is 0 Å². The average molecular weight is 356 g/mol. The number of likely N-dealkylation sites (N-methyl/N-ethyl adjacent to an activating group) is 1. The van der Waals surface area contributed by atoms with Crippen LogP contribution in [0.15, 0.2) is 40.9 Å². The summed E-state index contributed by atoms with van der Waals surface area (Å²) in [5.41, 5.74) is 1.89. The van der Waals surface area contributed by atoms with Crippen LogP contribution >= 0.6 is 15.9 Å². The molecule has 1 unspecified atom stereocenters. The van der Waals surface area contributed by atoms with Gasteiger partial charge in [-0.05, 0) is 64.8 Å². The topological polar surface area (TPSA) is 21.3 Å². The number of methoxy groups -OCH3 is 1. The molecule has 2 nitrogen and oxygen atoms in total. The van der Waals surface area contributed by atoms with Crippen LogP contribution in [0.1, 0.15) is 17.2 Å². The van der Waals surface area contributed by atoms with E-state index in [-0.39, 0.29) is 23.4 Å². The maximum Gasteiger partial charge on any atom is 0.165 e. The van der Waals surface area contributed by atoms with Crippen molar-refractivity contribution in [3.63, 3.8) is 0 Å². The number of halogens is 3. The summed E-state index contributed by atoms with van der Waals surface area (Å²) >= 11 is 3.18. The second-order valence-corrected chi connectivity index (χ2v) is 5.54. The van der Waals surface area contributed by atoms with Gasteiger partial charge in [0.25, 0.3) is 0 Å². The molecular weight excluding hydrogens is 340 g/mol. The predicted octanol–water partition coefficient (Wildman–Crippen LogP) is 4.24. The first-order valence-electron chi connectivity index (χ1n) is 6.49. The second kappa shape index (κ2) is 7.00. The first kappa shape index (κ1) is 15.9. The molecule has 1 N–H and O–H groups in total. The molecule has 0 aliphatic heterocycles. The molecule has 0 amide bonds. The standard InChI is InChI=1S/C16H16BrF2NO/c1-20-15(8-10-3-5-13(18)12(17)7-10)11-4-6-14(19)16(9-11)21-2/h3-7,9,15,20H,8H2,1-2H3. The SMILES string of the molecule is CNC(Cc1ccc(F)c(Br)c1)c1ccc(F)c(OC)c1. The Morgan fingerprint density at radius 3 is 2.48 bits per heavy atom. The van der Waals surface area contributed by atoms with Gasteiger partial charge in [0.2, 0.25) is 0 Å². The van der Waals surface area contributed by atoms with Gasteiger partial charge in [-0.2, -0.15) is 0 Å². The third-order valence-electron chi connectivity index (χ3n) is 3.35. The number of nitrogens with one attached hydrogen (secondary N) is 1. The fourth-order valence-electron chi connectivity index (χ4n) is 2.18. The van der Waals surface area contributed by atoms with Crippen molar-refractivity contribution in [3.05, 3.63) is 63.6 Å². The van der Waals surface area contributed by atoms with Crippen molar-refractivity contribution < 1.29 is 13.5 Å². The molecule has 0 saturated carbocycles. The highest BCUT2D eigenvalue weighted by Crippen LogP contribution is 2.26. The summed E-state index contributed by atoms with van der Waals surface area (Å²) in [6.07, 6.45) is 0.657. The minimum Gasteiger partial charge on any atom is -0.494 e. The molecule has 2 rings (SSSR count). The molecule has 0 aliphatic carbocycles. The normalized spacial score (nSPS) is 12.2. The largest absolute Gasteiger partial charge is 0.494 e. The number of hydrogen-bond donors (Lipinski definition) is 1. The number of benzene rings is 2. The highest BCUT2D eigenvalue weighted by atomic mass is 79.9. The zero-order valence-electron chi connectivity index (χ0n) is 11.8. The van der Waals surface area contributed by atoms with Gasteiger partial charge in [-0.15, -0.1) is 0 Å². The van der Waals surface area contributed by atoms with E-state index in [4.69, 9.17) is 4.74 Å². The summed E-state index contributed by atoms with van der Waals surface area (Å²) in [7, 11) is 3.27. The molecule has 0 fully saturated rings.